The molecule has 0 aliphatic carbocycles. The zero-order chi connectivity index (χ0) is 18.2. The highest BCUT2D eigenvalue weighted by Crippen LogP contribution is 2.13. The van der Waals surface area contributed by atoms with Crippen molar-refractivity contribution < 1.29 is 13.2 Å². The molecule has 1 aromatic rings. The lowest BCUT2D eigenvalue weighted by molar-refractivity contribution is 0.239. The van der Waals surface area contributed by atoms with Crippen molar-refractivity contribution in [2.75, 3.05) is 0 Å². The minimum Gasteiger partial charge on any atom is -0.322 e. The van der Waals surface area contributed by atoms with Crippen LogP contribution in [0.5, 0.6) is 0 Å². The number of carbonyl (C=O) groups excluding carboxylic acids is 1. The number of nitrogens with two attached hydrogens (primary N) is 1. The standard InChI is InChI=1S/C17H29N3O3S/c1-4-6-7-13(3)12-16(18)19-17(21)20-24(22,23)15-10-8-14(5-2)9-11-15/h8-11,13,16H,4-7,12,18H2,1-3H3,(H2,19,20,21). The molecule has 1 aromatic carbocycles. The van der Waals surface area contributed by atoms with Gasteiger partial charge in [-0.2, -0.15) is 0 Å². The van der Waals surface area contributed by atoms with Crippen molar-refractivity contribution in [3.8, 4) is 0 Å². The van der Waals surface area contributed by atoms with Crippen LogP contribution in [0.2, 0.25) is 0 Å². The largest absolute Gasteiger partial charge is 0.329 e. The van der Waals surface area contributed by atoms with Crippen molar-refractivity contribution in [1.29, 1.82) is 0 Å². The van der Waals surface area contributed by atoms with Gasteiger partial charge in [0.1, 0.15) is 0 Å². The summed E-state index contributed by atoms with van der Waals surface area (Å²) < 4.78 is 26.3. The van der Waals surface area contributed by atoms with E-state index in [0.717, 1.165) is 31.2 Å². The average Bonchev–Trinajstić information content (AvgIpc) is 2.52. The zero-order valence-corrected chi connectivity index (χ0v) is 15.5. The number of aryl methyl sites for hydroxylation is 1. The Morgan fingerprint density at radius 3 is 2.38 bits per heavy atom. The van der Waals surface area contributed by atoms with Gasteiger partial charge in [0.25, 0.3) is 10.0 Å². The SMILES string of the molecule is CCCCC(C)CC(N)NC(=O)NS(=O)(=O)c1ccc(CC)cc1. The highest BCUT2D eigenvalue weighted by atomic mass is 32.2. The molecule has 0 radical (unpaired) electrons. The molecule has 2 amide bonds. The van der Waals surface area contributed by atoms with Crippen molar-refractivity contribution in [2.45, 2.75) is 63.9 Å². The monoisotopic (exact) mass is 355 g/mol. The summed E-state index contributed by atoms with van der Waals surface area (Å²) in [4.78, 5) is 11.9. The van der Waals surface area contributed by atoms with Crippen LogP contribution in [0.4, 0.5) is 4.79 Å². The fourth-order valence-corrected chi connectivity index (χ4v) is 3.36. The number of nitrogens with one attached hydrogen (secondary N) is 2. The molecule has 6 nitrogen and oxygen atoms in total. The second kappa shape index (κ2) is 9.64. The molecular formula is C17H29N3O3S. The maximum Gasteiger partial charge on any atom is 0.329 e. The summed E-state index contributed by atoms with van der Waals surface area (Å²) in [6.45, 7) is 6.18. The topological polar surface area (TPSA) is 101 Å². The second-order valence-corrected chi connectivity index (χ2v) is 7.85. The average molecular weight is 356 g/mol. The molecule has 2 unspecified atom stereocenters. The van der Waals surface area contributed by atoms with Crippen molar-refractivity contribution in [1.82, 2.24) is 10.0 Å². The quantitative estimate of drug-likeness (QED) is 0.593. The third-order valence-electron chi connectivity index (χ3n) is 3.89. The summed E-state index contributed by atoms with van der Waals surface area (Å²) in [7, 11) is -3.89. The lowest BCUT2D eigenvalue weighted by atomic mass is 9.99. The molecule has 0 spiro atoms. The minimum absolute atomic E-state index is 0.0553. The predicted octanol–water partition coefficient (Wildman–Crippen LogP) is 2.74. The molecule has 0 aromatic heterocycles. The van der Waals surface area contributed by atoms with E-state index < -0.39 is 22.2 Å². The van der Waals surface area contributed by atoms with Crippen LogP contribution >= 0.6 is 0 Å². The van der Waals surface area contributed by atoms with Gasteiger partial charge in [-0.3, -0.25) is 0 Å². The second-order valence-electron chi connectivity index (χ2n) is 6.17. The van der Waals surface area contributed by atoms with E-state index in [9.17, 15) is 13.2 Å². The fourth-order valence-electron chi connectivity index (χ4n) is 2.45. The molecule has 0 saturated carbocycles. The van der Waals surface area contributed by atoms with Gasteiger partial charge in [0.2, 0.25) is 0 Å². The number of rotatable bonds is 9. The van der Waals surface area contributed by atoms with Crippen LogP contribution in [0.1, 0.15) is 52.0 Å². The Hall–Kier alpha value is -1.60. The molecule has 136 valence electrons. The van der Waals surface area contributed by atoms with E-state index >= 15 is 0 Å². The van der Waals surface area contributed by atoms with Gasteiger partial charge in [0, 0.05) is 0 Å². The Labute approximate surface area is 145 Å². The van der Waals surface area contributed by atoms with Crippen molar-refractivity contribution in [2.24, 2.45) is 11.7 Å². The van der Waals surface area contributed by atoms with Gasteiger partial charge in [-0.15, -0.1) is 0 Å². The molecule has 0 saturated heterocycles. The van der Waals surface area contributed by atoms with E-state index in [1.165, 1.54) is 12.1 Å². The number of amides is 2. The number of urea groups is 1. The minimum atomic E-state index is -3.89. The summed E-state index contributed by atoms with van der Waals surface area (Å²) in [6.07, 6.45) is 4.12. The van der Waals surface area contributed by atoms with Crippen LogP contribution in [0.3, 0.4) is 0 Å². The molecule has 0 aliphatic rings. The Bertz CT molecular complexity index is 614. The normalized spacial score (nSPS) is 14.0. The molecular weight excluding hydrogens is 326 g/mol. The molecule has 0 heterocycles. The number of hydrogen-bond acceptors (Lipinski definition) is 4. The number of benzene rings is 1. The number of carbonyl (C=O) groups is 1. The van der Waals surface area contributed by atoms with Gasteiger partial charge in [-0.25, -0.2) is 17.9 Å². The predicted molar refractivity (Wildman–Crippen MR) is 96.0 cm³/mol. The summed E-state index contributed by atoms with van der Waals surface area (Å²) in [6, 6.07) is 5.63. The summed E-state index contributed by atoms with van der Waals surface area (Å²) in [5, 5.41) is 2.48. The lowest BCUT2D eigenvalue weighted by Crippen LogP contribution is -2.48. The van der Waals surface area contributed by atoms with E-state index in [-0.39, 0.29) is 4.90 Å². The first-order chi connectivity index (χ1) is 11.3. The Kier molecular flexibility index (Phi) is 8.21. The van der Waals surface area contributed by atoms with Gasteiger partial charge in [0.15, 0.2) is 0 Å². The first-order valence-electron chi connectivity index (χ1n) is 8.46. The van der Waals surface area contributed by atoms with Gasteiger partial charge in [0.05, 0.1) is 11.1 Å². The summed E-state index contributed by atoms with van der Waals surface area (Å²) >= 11 is 0. The Morgan fingerprint density at radius 2 is 1.83 bits per heavy atom. The van der Waals surface area contributed by atoms with E-state index in [4.69, 9.17) is 5.73 Å². The summed E-state index contributed by atoms with van der Waals surface area (Å²) in [5.41, 5.74) is 6.91. The third kappa shape index (κ3) is 6.88. The van der Waals surface area contributed by atoms with Crippen molar-refractivity contribution in [3.63, 3.8) is 0 Å². The van der Waals surface area contributed by atoms with Crippen molar-refractivity contribution >= 4 is 16.1 Å². The molecule has 0 bridgehead atoms. The maximum absolute atomic E-state index is 12.2. The first kappa shape index (κ1) is 20.4. The highest BCUT2D eigenvalue weighted by molar-refractivity contribution is 7.90. The highest BCUT2D eigenvalue weighted by Gasteiger charge is 2.19. The van der Waals surface area contributed by atoms with Crippen LogP contribution in [0.25, 0.3) is 0 Å². The number of sulfonamides is 1. The van der Waals surface area contributed by atoms with Crippen LogP contribution in [0, 0.1) is 5.92 Å². The fraction of sp³-hybridized carbons (Fsp3) is 0.588. The van der Waals surface area contributed by atoms with Gasteiger partial charge in [-0.1, -0.05) is 52.2 Å². The van der Waals surface area contributed by atoms with Crippen molar-refractivity contribution in [3.05, 3.63) is 29.8 Å². The van der Waals surface area contributed by atoms with Gasteiger partial charge < -0.3 is 11.1 Å². The van der Waals surface area contributed by atoms with E-state index in [1.54, 1.807) is 12.1 Å². The number of hydrogen-bond donors (Lipinski definition) is 3. The Morgan fingerprint density at radius 1 is 1.21 bits per heavy atom. The van der Waals surface area contributed by atoms with E-state index in [2.05, 4.69) is 19.2 Å². The molecule has 7 heteroatoms. The molecule has 0 fully saturated rings. The third-order valence-corrected chi connectivity index (χ3v) is 5.24. The van der Waals surface area contributed by atoms with Gasteiger partial charge >= 0.3 is 6.03 Å². The number of unbranched alkanes of at least 4 members (excludes halogenated alkanes) is 1. The molecule has 4 N–H and O–H groups in total. The molecule has 24 heavy (non-hydrogen) atoms. The summed E-state index contributed by atoms with van der Waals surface area (Å²) in [5.74, 6) is 0.374. The van der Waals surface area contributed by atoms with Crippen LogP contribution < -0.4 is 15.8 Å². The van der Waals surface area contributed by atoms with Crippen LogP contribution in [-0.4, -0.2) is 20.6 Å². The smallest absolute Gasteiger partial charge is 0.322 e. The molecule has 2 atom stereocenters. The van der Waals surface area contributed by atoms with E-state index in [1.807, 2.05) is 11.6 Å². The molecule has 1 rings (SSSR count). The first-order valence-corrected chi connectivity index (χ1v) is 9.94. The maximum atomic E-state index is 12.2. The van der Waals surface area contributed by atoms with E-state index in [0.29, 0.717) is 12.3 Å². The Balaban J connectivity index is 2.55. The van der Waals surface area contributed by atoms with Crippen LogP contribution in [0.15, 0.2) is 29.2 Å². The van der Waals surface area contributed by atoms with Gasteiger partial charge in [-0.05, 0) is 36.5 Å². The van der Waals surface area contributed by atoms with Crippen LogP contribution in [-0.2, 0) is 16.4 Å². The molecule has 0 aliphatic heterocycles. The zero-order valence-electron chi connectivity index (χ0n) is 14.7. The lowest BCUT2D eigenvalue weighted by Gasteiger charge is -2.18.